The Kier molecular flexibility index (Phi) is 6.26. The van der Waals surface area contributed by atoms with Gasteiger partial charge in [-0.3, -0.25) is 4.79 Å². The van der Waals surface area contributed by atoms with E-state index in [0.29, 0.717) is 13.2 Å². The standard InChI is InChI=1S/C25H24FN3O2/c1-18-8-6-9-19(16-18)31-15-7-14-29-23-13-5-4-12-22(23)28-24(29)17-27-25(30)20-10-2-3-11-21(20)26/h2-6,8-13,16H,7,14-15,17H2,1H3,(H,27,30). The minimum Gasteiger partial charge on any atom is -0.494 e. The molecule has 5 nitrogen and oxygen atoms in total. The van der Waals surface area contributed by atoms with Crippen LogP contribution in [0.5, 0.6) is 5.75 Å². The van der Waals surface area contributed by atoms with E-state index in [0.717, 1.165) is 34.6 Å². The number of ether oxygens (including phenoxy) is 1. The molecule has 3 aromatic carbocycles. The van der Waals surface area contributed by atoms with Gasteiger partial charge in [0.05, 0.1) is 29.7 Å². The lowest BCUT2D eigenvalue weighted by molar-refractivity contribution is 0.0945. The average Bonchev–Trinajstić information content (AvgIpc) is 3.13. The molecule has 0 radical (unpaired) electrons. The summed E-state index contributed by atoms with van der Waals surface area (Å²) in [5.41, 5.74) is 3.04. The fourth-order valence-corrected chi connectivity index (χ4v) is 3.53. The second kappa shape index (κ2) is 9.43. The van der Waals surface area contributed by atoms with Gasteiger partial charge in [0, 0.05) is 6.54 Å². The highest BCUT2D eigenvalue weighted by molar-refractivity contribution is 5.94. The first-order valence-corrected chi connectivity index (χ1v) is 10.3. The van der Waals surface area contributed by atoms with Crippen LogP contribution in [0.25, 0.3) is 11.0 Å². The monoisotopic (exact) mass is 417 g/mol. The zero-order chi connectivity index (χ0) is 21.6. The van der Waals surface area contributed by atoms with E-state index in [1.54, 1.807) is 12.1 Å². The van der Waals surface area contributed by atoms with E-state index in [2.05, 4.69) is 14.9 Å². The van der Waals surface area contributed by atoms with E-state index in [1.165, 1.54) is 12.1 Å². The van der Waals surface area contributed by atoms with Crippen molar-refractivity contribution in [1.29, 1.82) is 0 Å². The second-order valence-electron chi connectivity index (χ2n) is 7.35. The molecule has 6 heteroatoms. The zero-order valence-corrected chi connectivity index (χ0v) is 17.3. The molecule has 0 aliphatic rings. The number of aryl methyl sites for hydroxylation is 2. The predicted octanol–water partition coefficient (Wildman–Crippen LogP) is 4.88. The normalized spacial score (nSPS) is 10.9. The van der Waals surface area contributed by atoms with Gasteiger partial charge in [-0.25, -0.2) is 9.37 Å². The molecule has 0 bridgehead atoms. The van der Waals surface area contributed by atoms with Crippen LogP contribution in [0, 0.1) is 12.7 Å². The summed E-state index contributed by atoms with van der Waals surface area (Å²) >= 11 is 0. The smallest absolute Gasteiger partial charge is 0.254 e. The topological polar surface area (TPSA) is 56.1 Å². The number of carbonyl (C=O) groups excluding carboxylic acids is 1. The first-order valence-electron chi connectivity index (χ1n) is 10.3. The Bertz CT molecular complexity index is 1200. The quantitative estimate of drug-likeness (QED) is 0.416. The Hall–Kier alpha value is -3.67. The number of halogens is 1. The molecule has 0 fully saturated rings. The van der Waals surface area contributed by atoms with Gasteiger partial charge in [0.25, 0.3) is 5.91 Å². The van der Waals surface area contributed by atoms with Crippen molar-refractivity contribution in [3.05, 3.63) is 95.6 Å². The fraction of sp³-hybridized carbons (Fsp3) is 0.200. The maximum absolute atomic E-state index is 13.9. The fourth-order valence-electron chi connectivity index (χ4n) is 3.53. The number of fused-ring (bicyclic) bond motifs is 1. The van der Waals surface area contributed by atoms with E-state index in [4.69, 9.17) is 4.74 Å². The Morgan fingerprint density at radius 2 is 1.87 bits per heavy atom. The highest BCUT2D eigenvalue weighted by atomic mass is 19.1. The second-order valence-corrected chi connectivity index (χ2v) is 7.35. The summed E-state index contributed by atoms with van der Waals surface area (Å²) in [5, 5.41) is 2.79. The summed E-state index contributed by atoms with van der Waals surface area (Å²) < 4.78 is 21.8. The van der Waals surface area contributed by atoms with Gasteiger partial charge in [-0.15, -0.1) is 0 Å². The molecule has 0 unspecified atom stereocenters. The highest BCUT2D eigenvalue weighted by Crippen LogP contribution is 2.18. The summed E-state index contributed by atoms with van der Waals surface area (Å²) in [6, 6.07) is 21.8. The maximum atomic E-state index is 13.9. The molecule has 1 heterocycles. The molecular formula is C25H24FN3O2. The number of aromatic nitrogens is 2. The van der Waals surface area contributed by atoms with Crippen molar-refractivity contribution in [1.82, 2.24) is 14.9 Å². The molecule has 4 aromatic rings. The lowest BCUT2D eigenvalue weighted by Gasteiger charge is -2.11. The Labute approximate surface area is 180 Å². The summed E-state index contributed by atoms with van der Waals surface area (Å²) in [5.74, 6) is 0.579. The van der Waals surface area contributed by atoms with Crippen LogP contribution < -0.4 is 10.1 Å². The van der Waals surface area contributed by atoms with Gasteiger partial charge in [0.1, 0.15) is 17.4 Å². The number of imidazole rings is 1. The van der Waals surface area contributed by atoms with Crippen LogP contribution in [0.1, 0.15) is 28.2 Å². The Balaban J connectivity index is 1.44. The third kappa shape index (κ3) is 4.91. The van der Waals surface area contributed by atoms with E-state index in [9.17, 15) is 9.18 Å². The zero-order valence-electron chi connectivity index (χ0n) is 17.3. The van der Waals surface area contributed by atoms with Crippen LogP contribution in [0.3, 0.4) is 0 Å². The van der Waals surface area contributed by atoms with Gasteiger partial charge in [-0.1, -0.05) is 36.4 Å². The summed E-state index contributed by atoms with van der Waals surface area (Å²) in [6.45, 7) is 3.50. The largest absolute Gasteiger partial charge is 0.494 e. The van der Waals surface area contributed by atoms with Crippen LogP contribution >= 0.6 is 0 Å². The van der Waals surface area contributed by atoms with Crippen molar-refractivity contribution in [2.45, 2.75) is 26.4 Å². The summed E-state index contributed by atoms with van der Waals surface area (Å²) in [6.07, 6.45) is 0.780. The number of hydrogen-bond acceptors (Lipinski definition) is 3. The number of para-hydroxylation sites is 2. The molecule has 31 heavy (non-hydrogen) atoms. The van der Waals surface area contributed by atoms with Gasteiger partial charge in [0.2, 0.25) is 0 Å². The first-order chi connectivity index (χ1) is 15.1. The van der Waals surface area contributed by atoms with Crippen LogP contribution in [0.15, 0.2) is 72.8 Å². The van der Waals surface area contributed by atoms with Crippen molar-refractivity contribution >= 4 is 16.9 Å². The maximum Gasteiger partial charge on any atom is 0.254 e. The van der Waals surface area contributed by atoms with Crippen molar-refractivity contribution in [2.24, 2.45) is 0 Å². The van der Waals surface area contributed by atoms with Gasteiger partial charge < -0.3 is 14.6 Å². The van der Waals surface area contributed by atoms with Crippen LogP contribution in [0.4, 0.5) is 4.39 Å². The molecule has 0 spiro atoms. The van der Waals surface area contributed by atoms with E-state index in [1.807, 2.05) is 55.5 Å². The molecule has 4 rings (SSSR count). The van der Waals surface area contributed by atoms with Gasteiger partial charge >= 0.3 is 0 Å². The molecule has 0 saturated heterocycles. The SMILES string of the molecule is Cc1cccc(OCCCn2c(CNC(=O)c3ccccc3F)nc3ccccc32)c1. The minimum absolute atomic E-state index is 0.0247. The number of hydrogen-bond donors (Lipinski definition) is 1. The van der Waals surface area contributed by atoms with Gasteiger partial charge in [0.15, 0.2) is 0 Å². The van der Waals surface area contributed by atoms with Crippen molar-refractivity contribution in [3.63, 3.8) is 0 Å². The van der Waals surface area contributed by atoms with Crippen LogP contribution in [0.2, 0.25) is 0 Å². The predicted molar refractivity (Wildman–Crippen MR) is 119 cm³/mol. The third-order valence-electron chi connectivity index (χ3n) is 5.04. The Morgan fingerprint density at radius 1 is 1.06 bits per heavy atom. The van der Waals surface area contributed by atoms with Gasteiger partial charge in [-0.2, -0.15) is 0 Å². The molecule has 0 saturated carbocycles. The molecule has 0 atom stereocenters. The van der Waals surface area contributed by atoms with E-state index in [-0.39, 0.29) is 12.1 Å². The number of carbonyl (C=O) groups is 1. The lowest BCUT2D eigenvalue weighted by atomic mass is 10.2. The Morgan fingerprint density at radius 3 is 2.71 bits per heavy atom. The molecule has 1 aromatic heterocycles. The molecule has 0 aliphatic carbocycles. The molecule has 1 amide bonds. The molecule has 158 valence electrons. The molecule has 1 N–H and O–H groups in total. The number of benzene rings is 3. The third-order valence-corrected chi connectivity index (χ3v) is 5.04. The highest BCUT2D eigenvalue weighted by Gasteiger charge is 2.14. The number of nitrogens with zero attached hydrogens (tertiary/aromatic N) is 2. The lowest BCUT2D eigenvalue weighted by Crippen LogP contribution is -2.25. The van der Waals surface area contributed by atoms with E-state index >= 15 is 0 Å². The van der Waals surface area contributed by atoms with Gasteiger partial charge in [-0.05, 0) is 55.3 Å². The van der Waals surface area contributed by atoms with Crippen LogP contribution in [-0.2, 0) is 13.1 Å². The number of rotatable bonds is 8. The van der Waals surface area contributed by atoms with E-state index < -0.39 is 11.7 Å². The minimum atomic E-state index is -0.540. The van der Waals surface area contributed by atoms with Crippen molar-refractivity contribution < 1.29 is 13.9 Å². The molecule has 0 aliphatic heterocycles. The van der Waals surface area contributed by atoms with Crippen molar-refractivity contribution in [3.8, 4) is 5.75 Å². The first kappa shape index (κ1) is 20.6. The summed E-state index contributed by atoms with van der Waals surface area (Å²) in [7, 11) is 0. The number of amides is 1. The summed E-state index contributed by atoms with van der Waals surface area (Å²) in [4.78, 5) is 17.1. The van der Waals surface area contributed by atoms with Crippen LogP contribution in [-0.4, -0.2) is 22.1 Å². The average molecular weight is 417 g/mol. The number of nitrogens with one attached hydrogen (secondary N) is 1. The molecular weight excluding hydrogens is 393 g/mol. The van der Waals surface area contributed by atoms with Crippen molar-refractivity contribution in [2.75, 3.05) is 6.61 Å².